The summed E-state index contributed by atoms with van der Waals surface area (Å²) >= 11 is 0. The SMILES string of the molecule is Cc1cc(C(=Nc2ccccc2)c2ccccc2)c(C)cc1C(=Nc1ccccc1)c1ccccc1. The quantitative estimate of drug-likeness (QED) is 0.225. The molecule has 0 N–H and O–H groups in total. The third kappa shape index (κ3) is 5.24. The summed E-state index contributed by atoms with van der Waals surface area (Å²) in [4.78, 5) is 10.2. The minimum absolute atomic E-state index is 0.938. The van der Waals surface area contributed by atoms with Gasteiger partial charge in [0, 0.05) is 22.3 Å². The normalized spacial score (nSPS) is 11.9. The summed E-state index contributed by atoms with van der Waals surface area (Å²) < 4.78 is 0. The number of hydrogen-bond donors (Lipinski definition) is 0. The second-order valence-electron chi connectivity index (χ2n) is 8.81. The summed E-state index contributed by atoms with van der Waals surface area (Å²) in [6.07, 6.45) is 0. The van der Waals surface area contributed by atoms with E-state index in [0.717, 1.165) is 56.2 Å². The van der Waals surface area contributed by atoms with E-state index in [-0.39, 0.29) is 0 Å². The van der Waals surface area contributed by atoms with Crippen molar-refractivity contribution in [3.63, 3.8) is 0 Å². The van der Waals surface area contributed by atoms with E-state index < -0.39 is 0 Å². The fraction of sp³-hybridized carbons (Fsp3) is 0.0588. The Morgan fingerprint density at radius 1 is 0.417 bits per heavy atom. The topological polar surface area (TPSA) is 24.7 Å². The van der Waals surface area contributed by atoms with Crippen LogP contribution in [0.1, 0.15) is 33.4 Å². The van der Waals surface area contributed by atoms with E-state index >= 15 is 0 Å². The number of benzene rings is 5. The number of aryl methyl sites for hydroxylation is 2. The van der Waals surface area contributed by atoms with Crippen molar-refractivity contribution in [1.29, 1.82) is 0 Å². The molecule has 2 heteroatoms. The Balaban J connectivity index is 1.67. The van der Waals surface area contributed by atoms with Crippen LogP contribution in [0.25, 0.3) is 0 Å². The van der Waals surface area contributed by atoms with Crippen LogP contribution in [0.4, 0.5) is 11.4 Å². The molecule has 0 aromatic heterocycles. The lowest BCUT2D eigenvalue weighted by molar-refractivity contribution is 1.33. The van der Waals surface area contributed by atoms with E-state index in [4.69, 9.17) is 9.98 Å². The van der Waals surface area contributed by atoms with Crippen molar-refractivity contribution in [2.75, 3.05) is 0 Å². The molecule has 0 saturated heterocycles. The van der Waals surface area contributed by atoms with Gasteiger partial charge in [-0.25, -0.2) is 9.98 Å². The number of para-hydroxylation sites is 2. The minimum Gasteiger partial charge on any atom is -0.248 e. The Morgan fingerprint density at radius 2 is 0.722 bits per heavy atom. The molecule has 0 aliphatic carbocycles. The van der Waals surface area contributed by atoms with Gasteiger partial charge in [0.2, 0.25) is 0 Å². The highest BCUT2D eigenvalue weighted by Crippen LogP contribution is 2.26. The second-order valence-corrected chi connectivity index (χ2v) is 8.81. The highest BCUT2D eigenvalue weighted by atomic mass is 14.8. The van der Waals surface area contributed by atoms with Gasteiger partial charge in [0.25, 0.3) is 0 Å². The fourth-order valence-corrected chi connectivity index (χ4v) is 4.34. The van der Waals surface area contributed by atoms with Gasteiger partial charge in [0.05, 0.1) is 22.8 Å². The van der Waals surface area contributed by atoms with Crippen LogP contribution < -0.4 is 0 Å². The third-order valence-electron chi connectivity index (χ3n) is 6.17. The Labute approximate surface area is 213 Å². The van der Waals surface area contributed by atoms with Gasteiger partial charge in [-0.05, 0) is 61.4 Å². The van der Waals surface area contributed by atoms with Crippen molar-refractivity contribution < 1.29 is 0 Å². The molecule has 0 atom stereocenters. The summed E-state index contributed by atoms with van der Waals surface area (Å²) in [7, 11) is 0. The minimum atomic E-state index is 0.938. The zero-order valence-corrected chi connectivity index (χ0v) is 20.6. The molecular formula is C34H28N2. The van der Waals surface area contributed by atoms with E-state index in [1.165, 1.54) is 0 Å². The Morgan fingerprint density at radius 3 is 1.06 bits per heavy atom. The smallest absolute Gasteiger partial charge is 0.0784 e. The Bertz CT molecular complexity index is 1380. The molecule has 36 heavy (non-hydrogen) atoms. The molecule has 5 aromatic carbocycles. The summed E-state index contributed by atoms with van der Waals surface area (Å²) in [5.41, 5.74) is 10.6. The van der Waals surface area contributed by atoms with Crippen LogP contribution in [-0.2, 0) is 0 Å². The average Bonchev–Trinajstić information content (AvgIpc) is 2.94. The first-order chi connectivity index (χ1) is 17.7. The van der Waals surface area contributed by atoms with Gasteiger partial charge in [-0.3, -0.25) is 0 Å². The zero-order valence-electron chi connectivity index (χ0n) is 20.6. The van der Waals surface area contributed by atoms with E-state index in [1.807, 2.05) is 72.8 Å². The standard InChI is InChI=1S/C34H28N2/c1-25-23-32(34(28-17-9-4-10-18-28)36-30-21-13-6-14-22-30)26(2)24-31(25)33(27-15-7-3-8-16-27)35-29-19-11-5-12-20-29/h3-24H,1-2H3. The summed E-state index contributed by atoms with van der Waals surface area (Å²) in [5, 5.41) is 0. The molecule has 0 aliphatic rings. The van der Waals surface area contributed by atoms with E-state index in [0.29, 0.717) is 0 Å². The second kappa shape index (κ2) is 10.8. The number of aliphatic imine (C=N–C) groups is 2. The number of nitrogens with zero attached hydrogens (tertiary/aromatic N) is 2. The lowest BCUT2D eigenvalue weighted by Gasteiger charge is -2.17. The van der Waals surface area contributed by atoms with Crippen molar-refractivity contribution in [3.05, 3.63) is 167 Å². The number of hydrogen-bond acceptors (Lipinski definition) is 2. The van der Waals surface area contributed by atoms with Crippen molar-refractivity contribution in [2.45, 2.75) is 13.8 Å². The van der Waals surface area contributed by atoms with Crippen LogP contribution in [0.3, 0.4) is 0 Å². The van der Waals surface area contributed by atoms with Crippen molar-refractivity contribution in [1.82, 2.24) is 0 Å². The molecule has 0 radical (unpaired) electrons. The molecule has 0 spiro atoms. The van der Waals surface area contributed by atoms with Gasteiger partial charge < -0.3 is 0 Å². The van der Waals surface area contributed by atoms with Gasteiger partial charge in [-0.2, -0.15) is 0 Å². The van der Waals surface area contributed by atoms with Crippen LogP contribution in [-0.4, -0.2) is 11.4 Å². The zero-order chi connectivity index (χ0) is 24.7. The van der Waals surface area contributed by atoms with Crippen LogP contribution in [0.2, 0.25) is 0 Å². The first-order valence-electron chi connectivity index (χ1n) is 12.2. The van der Waals surface area contributed by atoms with E-state index in [2.05, 4.69) is 74.5 Å². The molecule has 0 aliphatic heterocycles. The van der Waals surface area contributed by atoms with Crippen molar-refractivity contribution in [3.8, 4) is 0 Å². The first kappa shape index (κ1) is 23.2. The molecule has 0 heterocycles. The van der Waals surface area contributed by atoms with E-state index in [9.17, 15) is 0 Å². The predicted octanol–water partition coefficient (Wildman–Crippen LogP) is 8.64. The lowest BCUT2D eigenvalue weighted by Crippen LogP contribution is -2.11. The molecule has 0 bridgehead atoms. The van der Waals surface area contributed by atoms with Gasteiger partial charge >= 0.3 is 0 Å². The molecule has 0 amide bonds. The van der Waals surface area contributed by atoms with Gasteiger partial charge in [0.15, 0.2) is 0 Å². The van der Waals surface area contributed by atoms with Gasteiger partial charge in [0.1, 0.15) is 0 Å². The highest BCUT2D eigenvalue weighted by molar-refractivity contribution is 6.18. The first-order valence-corrected chi connectivity index (χ1v) is 12.2. The molecule has 5 rings (SSSR count). The Hall–Kier alpha value is -4.56. The summed E-state index contributed by atoms with van der Waals surface area (Å²) in [5.74, 6) is 0. The third-order valence-corrected chi connectivity index (χ3v) is 6.17. The predicted molar refractivity (Wildman–Crippen MR) is 152 cm³/mol. The van der Waals surface area contributed by atoms with Crippen LogP contribution in [0.5, 0.6) is 0 Å². The molecule has 2 nitrogen and oxygen atoms in total. The van der Waals surface area contributed by atoms with Crippen LogP contribution >= 0.6 is 0 Å². The molecule has 0 saturated carbocycles. The fourth-order valence-electron chi connectivity index (χ4n) is 4.34. The molecule has 0 fully saturated rings. The van der Waals surface area contributed by atoms with Crippen LogP contribution in [0.15, 0.2) is 143 Å². The average molecular weight is 465 g/mol. The maximum atomic E-state index is 5.09. The van der Waals surface area contributed by atoms with Crippen LogP contribution in [0, 0.1) is 13.8 Å². The monoisotopic (exact) mass is 464 g/mol. The van der Waals surface area contributed by atoms with Crippen molar-refractivity contribution in [2.24, 2.45) is 9.98 Å². The van der Waals surface area contributed by atoms with Gasteiger partial charge in [-0.15, -0.1) is 0 Å². The molecule has 174 valence electrons. The highest BCUT2D eigenvalue weighted by Gasteiger charge is 2.16. The Kier molecular flexibility index (Phi) is 6.95. The molecule has 5 aromatic rings. The summed E-state index contributed by atoms with van der Waals surface area (Å²) in [6.45, 7) is 4.32. The summed E-state index contributed by atoms with van der Waals surface area (Å²) in [6, 6.07) is 45.6. The maximum absolute atomic E-state index is 5.09. The van der Waals surface area contributed by atoms with Crippen molar-refractivity contribution >= 4 is 22.8 Å². The maximum Gasteiger partial charge on any atom is 0.0784 e. The molecule has 0 unspecified atom stereocenters. The number of rotatable bonds is 6. The van der Waals surface area contributed by atoms with E-state index in [1.54, 1.807) is 0 Å². The lowest BCUT2D eigenvalue weighted by atomic mass is 9.90. The van der Waals surface area contributed by atoms with Gasteiger partial charge in [-0.1, -0.05) is 97.1 Å². The largest absolute Gasteiger partial charge is 0.248 e. The molecular weight excluding hydrogens is 436 g/mol.